The van der Waals surface area contributed by atoms with Crippen molar-refractivity contribution in [1.29, 1.82) is 0 Å². The summed E-state index contributed by atoms with van der Waals surface area (Å²) >= 11 is 1.12. The highest BCUT2D eigenvalue weighted by molar-refractivity contribution is 8.01. The fourth-order valence-corrected chi connectivity index (χ4v) is 2.45. The summed E-state index contributed by atoms with van der Waals surface area (Å²) in [5, 5.41) is 11.1. The molecular formula is C14H19NO4S. The summed E-state index contributed by atoms with van der Waals surface area (Å²) in [6.45, 7) is 3.70. The number of carbonyl (C=O) groups excluding carboxylic acids is 1. The molecule has 0 bridgehead atoms. The molecule has 0 saturated carbocycles. The maximum absolute atomic E-state index is 11.9. The number of aliphatic carboxylic acids is 1. The van der Waals surface area contributed by atoms with E-state index < -0.39 is 11.2 Å². The Morgan fingerprint density at radius 3 is 2.70 bits per heavy atom. The van der Waals surface area contributed by atoms with Gasteiger partial charge in [0, 0.05) is 0 Å². The number of amides is 1. The fourth-order valence-electron chi connectivity index (χ4n) is 1.65. The third kappa shape index (κ3) is 4.77. The topological polar surface area (TPSA) is 75.6 Å². The van der Waals surface area contributed by atoms with Crippen molar-refractivity contribution >= 4 is 29.3 Å². The van der Waals surface area contributed by atoms with E-state index in [4.69, 9.17) is 9.84 Å². The van der Waals surface area contributed by atoms with Gasteiger partial charge < -0.3 is 15.2 Å². The Morgan fingerprint density at radius 2 is 2.15 bits per heavy atom. The molecule has 5 nitrogen and oxygen atoms in total. The van der Waals surface area contributed by atoms with Gasteiger partial charge in [0.15, 0.2) is 0 Å². The van der Waals surface area contributed by atoms with Crippen LogP contribution in [0.25, 0.3) is 0 Å². The van der Waals surface area contributed by atoms with Crippen molar-refractivity contribution in [3.8, 4) is 5.75 Å². The van der Waals surface area contributed by atoms with Crippen molar-refractivity contribution < 1.29 is 19.4 Å². The molecule has 0 aliphatic carbocycles. The summed E-state index contributed by atoms with van der Waals surface area (Å²) in [5.41, 5.74) is 1.60. The molecule has 1 aromatic rings. The maximum atomic E-state index is 11.9. The van der Waals surface area contributed by atoms with E-state index in [1.54, 1.807) is 13.0 Å². The number of carboxylic acid groups (broad SMARTS) is 1. The minimum atomic E-state index is -0.890. The second-order valence-corrected chi connectivity index (χ2v) is 5.49. The Labute approximate surface area is 122 Å². The van der Waals surface area contributed by atoms with Crippen LogP contribution in [0.5, 0.6) is 5.75 Å². The lowest BCUT2D eigenvalue weighted by molar-refractivity contribution is -0.136. The Hall–Kier alpha value is -1.69. The van der Waals surface area contributed by atoms with Gasteiger partial charge in [-0.05, 0) is 31.0 Å². The van der Waals surface area contributed by atoms with E-state index in [1.807, 2.05) is 19.1 Å². The highest BCUT2D eigenvalue weighted by atomic mass is 32.2. The molecule has 0 heterocycles. The lowest BCUT2D eigenvalue weighted by Gasteiger charge is -2.12. The number of methoxy groups -OCH3 is 1. The molecule has 0 radical (unpaired) electrons. The summed E-state index contributed by atoms with van der Waals surface area (Å²) in [4.78, 5) is 22.7. The Balaban J connectivity index is 2.62. The number of hydrogen-bond donors (Lipinski definition) is 2. The van der Waals surface area contributed by atoms with Gasteiger partial charge in [-0.1, -0.05) is 13.0 Å². The van der Waals surface area contributed by atoms with Gasteiger partial charge in [-0.25, -0.2) is 0 Å². The monoisotopic (exact) mass is 297 g/mol. The molecule has 0 spiro atoms. The SMILES string of the molecule is CCC(SCC(=O)Nc1cc(C)ccc1OC)C(=O)O. The lowest BCUT2D eigenvalue weighted by Crippen LogP contribution is -2.21. The molecule has 0 saturated heterocycles. The average molecular weight is 297 g/mol. The molecule has 0 fully saturated rings. The van der Waals surface area contributed by atoms with Crippen LogP contribution >= 0.6 is 11.8 Å². The summed E-state index contributed by atoms with van der Waals surface area (Å²) in [7, 11) is 1.53. The van der Waals surface area contributed by atoms with Crippen molar-refractivity contribution in [3.63, 3.8) is 0 Å². The first-order valence-electron chi connectivity index (χ1n) is 6.26. The minimum Gasteiger partial charge on any atom is -0.495 e. The van der Waals surface area contributed by atoms with E-state index in [9.17, 15) is 9.59 Å². The summed E-state index contributed by atoms with van der Waals surface area (Å²) < 4.78 is 5.17. The Morgan fingerprint density at radius 1 is 1.45 bits per heavy atom. The number of nitrogens with one attached hydrogen (secondary N) is 1. The third-order valence-corrected chi connectivity index (χ3v) is 4.06. The van der Waals surface area contributed by atoms with Crippen LogP contribution in [0.15, 0.2) is 18.2 Å². The number of aryl methyl sites for hydroxylation is 1. The third-order valence-electron chi connectivity index (χ3n) is 2.69. The van der Waals surface area contributed by atoms with Gasteiger partial charge in [0.1, 0.15) is 11.0 Å². The molecule has 20 heavy (non-hydrogen) atoms. The van der Waals surface area contributed by atoms with Crippen LogP contribution in [-0.4, -0.2) is 35.1 Å². The molecule has 2 N–H and O–H groups in total. The second-order valence-electron chi connectivity index (χ2n) is 4.30. The van der Waals surface area contributed by atoms with Crippen LogP contribution in [-0.2, 0) is 9.59 Å². The molecule has 0 aliphatic heterocycles. The first-order chi connectivity index (χ1) is 9.47. The number of benzene rings is 1. The largest absolute Gasteiger partial charge is 0.495 e. The smallest absolute Gasteiger partial charge is 0.316 e. The standard InChI is InChI=1S/C14H19NO4S/c1-4-12(14(17)18)20-8-13(16)15-10-7-9(2)5-6-11(10)19-3/h5-7,12H,4,8H2,1-3H3,(H,15,16)(H,17,18). The maximum Gasteiger partial charge on any atom is 0.316 e. The van der Waals surface area contributed by atoms with E-state index in [-0.39, 0.29) is 11.7 Å². The first kappa shape index (κ1) is 16.4. The van der Waals surface area contributed by atoms with Crippen LogP contribution in [0.2, 0.25) is 0 Å². The van der Waals surface area contributed by atoms with Gasteiger partial charge in [0.2, 0.25) is 5.91 Å². The lowest BCUT2D eigenvalue weighted by atomic mass is 10.2. The van der Waals surface area contributed by atoms with Crippen molar-refractivity contribution in [2.24, 2.45) is 0 Å². The zero-order chi connectivity index (χ0) is 15.1. The Kier molecular flexibility index (Phi) is 6.38. The minimum absolute atomic E-state index is 0.0991. The molecule has 1 rings (SSSR count). The predicted octanol–water partition coefficient (Wildman–Crippen LogP) is 2.54. The van der Waals surface area contributed by atoms with Crippen molar-refractivity contribution in [2.75, 3.05) is 18.2 Å². The van der Waals surface area contributed by atoms with Crippen LogP contribution < -0.4 is 10.1 Å². The number of thioether (sulfide) groups is 1. The van der Waals surface area contributed by atoms with E-state index in [0.717, 1.165) is 17.3 Å². The zero-order valence-electron chi connectivity index (χ0n) is 11.8. The van der Waals surface area contributed by atoms with Gasteiger partial charge in [-0.15, -0.1) is 11.8 Å². The summed E-state index contributed by atoms with van der Waals surface area (Å²) in [6.07, 6.45) is 0.487. The highest BCUT2D eigenvalue weighted by Gasteiger charge is 2.17. The first-order valence-corrected chi connectivity index (χ1v) is 7.31. The van der Waals surface area contributed by atoms with Crippen LogP contribution in [0.1, 0.15) is 18.9 Å². The van der Waals surface area contributed by atoms with Gasteiger partial charge in [0.05, 0.1) is 18.6 Å². The van der Waals surface area contributed by atoms with Crippen LogP contribution in [0, 0.1) is 6.92 Å². The predicted molar refractivity (Wildman–Crippen MR) is 80.5 cm³/mol. The normalized spacial score (nSPS) is 11.8. The zero-order valence-corrected chi connectivity index (χ0v) is 12.6. The van der Waals surface area contributed by atoms with Crippen molar-refractivity contribution in [3.05, 3.63) is 23.8 Å². The number of carbonyl (C=O) groups is 2. The molecule has 0 aromatic heterocycles. The Bertz CT molecular complexity index is 490. The van der Waals surface area contributed by atoms with Crippen molar-refractivity contribution in [2.45, 2.75) is 25.5 Å². The van der Waals surface area contributed by atoms with Gasteiger partial charge >= 0.3 is 5.97 Å². The van der Waals surface area contributed by atoms with Gasteiger partial charge in [0.25, 0.3) is 0 Å². The fraction of sp³-hybridized carbons (Fsp3) is 0.429. The quantitative estimate of drug-likeness (QED) is 0.809. The molecule has 1 unspecified atom stereocenters. The number of anilines is 1. The summed E-state index contributed by atoms with van der Waals surface area (Å²) in [5.74, 6) is -0.446. The number of ether oxygens (including phenoxy) is 1. The molecule has 1 atom stereocenters. The van der Waals surface area contributed by atoms with Crippen molar-refractivity contribution in [1.82, 2.24) is 0 Å². The molecule has 110 valence electrons. The van der Waals surface area contributed by atoms with E-state index >= 15 is 0 Å². The number of carboxylic acids is 1. The highest BCUT2D eigenvalue weighted by Crippen LogP contribution is 2.25. The van der Waals surface area contributed by atoms with Gasteiger partial charge in [-0.2, -0.15) is 0 Å². The number of rotatable bonds is 7. The molecular weight excluding hydrogens is 278 g/mol. The molecule has 6 heteroatoms. The number of hydrogen-bond acceptors (Lipinski definition) is 4. The molecule has 1 aromatic carbocycles. The molecule has 0 aliphatic rings. The van der Waals surface area contributed by atoms with Crippen LogP contribution in [0.4, 0.5) is 5.69 Å². The van der Waals surface area contributed by atoms with E-state index in [1.165, 1.54) is 7.11 Å². The van der Waals surface area contributed by atoms with Crippen LogP contribution in [0.3, 0.4) is 0 Å². The van der Waals surface area contributed by atoms with Gasteiger partial charge in [-0.3, -0.25) is 9.59 Å². The molecule has 1 amide bonds. The second kappa shape index (κ2) is 7.79. The van der Waals surface area contributed by atoms with E-state index in [0.29, 0.717) is 17.9 Å². The van der Waals surface area contributed by atoms with E-state index in [2.05, 4.69) is 5.32 Å². The average Bonchev–Trinajstić information content (AvgIpc) is 2.39. The summed E-state index contributed by atoms with van der Waals surface area (Å²) in [6, 6.07) is 5.49.